The van der Waals surface area contributed by atoms with Gasteiger partial charge in [0.15, 0.2) is 12.2 Å². The third kappa shape index (κ3) is 84.7. The Bertz CT molecular complexity index is 2670. The van der Waals surface area contributed by atoms with Crippen molar-refractivity contribution in [1.82, 2.24) is 20.4 Å². The van der Waals surface area contributed by atoms with Gasteiger partial charge in [-0.15, -0.1) is 0 Å². The Morgan fingerprint density at radius 2 is 0.573 bits per heavy atom. The van der Waals surface area contributed by atoms with Crippen molar-refractivity contribution in [3.63, 3.8) is 0 Å². The van der Waals surface area contributed by atoms with E-state index in [1.54, 1.807) is 0 Å². The Morgan fingerprint density at radius 3 is 0.879 bits per heavy atom. The van der Waals surface area contributed by atoms with E-state index in [1.165, 1.54) is 103 Å². The molecule has 0 aliphatic heterocycles. The van der Waals surface area contributed by atoms with Crippen LogP contribution in [0.5, 0.6) is 0 Å². The summed E-state index contributed by atoms with van der Waals surface area (Å²) in [5.74, 6) is -2.29. The molecule has 714 valence electrons. The van der Waals surface area contributed by atoms with E-state index in [4.69, 9.17) is 37.9 Å². The van der Waals surface area contributed by atoms with E-state index in [9.17, 15) is 38.4 Å². The van der Waals surface area contributed by atoms with Crippen LogP contribution in [-0.2, 0) is 66.7 Å². The number of esters is 6. The molecule has 20 nitrogen and oxygen atoms in total. The van der Waals surface area contributed by atoms with E-state index in [0.29, 0.717) is 32.6 Å². The summed E-state index contributed by atoms with van der Waals surface area (Å²) in [6.07, 6.45) is 88.2. The Kier molecular flexibility index (Phi) is 87.3. The Labute approximate surface area is 756 Å². The van der Waals surface area contributed by atoms with E-state index in [0.717, 1.165) is 225 Å². The predicted molar refractivity (Wildman–Crippen MR) is 510 cm³/mol. The molecule has 0 aromatic heterocycles. The van der Waals surface area contributed by atoms with E-state index in [1.807, 2.05) is 21.0 Å². The van der Waals surface area contributed by atoms with Crippen molar-refractivity contribution in [2.75, 3.05) is 86.4 Å². The lowest BCUT2D eigenvalue weighted by molar-refractivity contribution is -0.167. The topological polar surface area (TPSA) is 241 Å². The molecule has 1 unspecified atom stereocenters. The maximum Gasteiger partial charge on any atom is 0.407 e. The zero-order chi connectivity index (χ0) is 90.6. The number of nitrogens with one attached hydrogen (secondary N) is 2. The van der Waals surface area contributed by atoms with E-state index >= 15 is 0 Å². The second kappa shape index (κ2) is 92.4. The van der Waals surface area contributed by atoms with Crippen LogP contribution in [-0.4, -0.2) is 163 Å². The number of amides is 2. The van der Waals surface area contributed by atoms with Gasteiger partial charge in [0.25, 0.3) is 0 Å². The fourth-order valence-corrected chi connectivity index (χ4v) is 13.9. The largest absolute Gasteiger partial charge is 0.462 e. The molecule has 0 radical (unpaired) electrons. The minimum Gasteiger partial charge on any atom is -0.462 e. The van der Waals surface area contributed by atoms with Gasteiger partial charge in [-0.25, -0.2) is 9.59 Å². The summed E-state index contributed by atoms with van der Waals surface area (Å²) in [5.41, 5.74) is 0. The van der Waals surface area contributed by atoms with Crippen LogP contribution in [0.2, 0.25) is 0 Å². The van der Waals surface area contributed by atoms with Crippen molar-refractivity contribution < 1.29 is 76.3 Å². The number of carbonyl (C=O) groups excluding carboxylic acids is 8. The fraction of sp³-hybridized carbons (Fsp3) is 0.769. The Balaban J connectivity index is 0.00000245. The monoisotopic (exact) mass is 1740 g/mol. The second-order valence-electron chi connectivity index (χ2n) is 33.6. The Hall–Kier alpha value is -6.80. The molecular formula is C104H182N4O16. The highest BCUT2D eigenvalue weighted by molar-refractivity contribution is 5.73. The molecule has 124 heavy (non-hydrogen) atoms. The number of ether oxygens (including phenoxy) is 8. The maximum absolute atomic E-state index is 13.3. The molecule has 20 heteroatoms. The molecule has 1 aliphatic rings. The first kappa shape index (κ1) is 117. The molecule has 0 bridgehead atoms. The average molecular weight is 1740 g/mol. The number of likely N-dealkylation sites (N-methyl/N-ethyl adjacent to an activating group) is 2. The van der Waals surface area contributed by atoms with Gasteiger partial charge < -0.3 is 58.3 Å². The third-order valence-electron chi connectivity index (χ3n) is 22.1. The van der Waals surface area contributed by atoms with E-state index < -0.39 is 42.4 Å². The lowest BCUT2D eigenvalue weighted by Gasteiger charge is -2.30. The van der Waals surface area contributed by atoms with Gasteiger partial charge in [-0.05, 0) is 213 Å². The van der Waals surface area contributed by atoms with Crippen LogP contribution in [0.15, 0.2) is 97.2 Å². The smallest absolute Gasteiger partial charge is 0.407 e. The van der Waals surface area contributed by atoms with Crippen LogP contribution in [0.4, 0.5) is 9.59 Å². The van der Waals surface area contributed by atoms with Crippen molar-refractivity contribution in [2.24, 2.45) is 5.92 Å². The van der Waals surface area contributed by atoms with Crippen LogP contribution in [0.1, 0.15) is 408 Å². The SMILES string of the molecule is CCCCC/C=C\C/C=C\CCCCCCCC(=O)OCC(COC(=O)CCCCCCC/C=C\C/C=C\CCCCC)OC(=O)CCC(OC(=O)NCCN(C)CC)C1CCCCC1.CCCCC/C=C\C/C=C\CCCCCCCC(=O)OCC(COC(=O)CCCCCCC/C=C\C/C=C\CCCCC)OC(=O)CCCOC(=O)NCCN(C)CC. The number of unbranched alkanes of at least 4 members (excludes halogenated alkanes) is 32. The predicted octanol–water partition coefficient (Wildman–Crippen LogP) is 26.1. The average Bonchev–Trinajstić information content (AvgIpc) is 0.881. The quantitative estimate of drug-likeness (QED) is 0.0249. The summed E-state index contributed by atoms with van der Waals surface area (Å²) in [5, 5.41) is 5.54. The van der Waals surface area contributed by atoms with Gasteiger partial charge in [-0.3, -0.25) is 28.8 Å². The summed E-state index contributed by atoms with van der Waals surface area (Å²) in [6, 6.07) is 0. The third-order valence-corrected chi connectivity index (χ3v) is 22.1. The van der Waals surface area contributed by atoms with Crippen LogP contribution in [0.25, 0.3) is 0 Å². The molecule has 1 saturated carbocycles. The molecule has 2 amide bonds. The van der Waals surface area contributed by atoms with Crippen molar-refractivity contribution in [2.45, 2.75) is 426 Å². The highest BCUT2D eigenvalue weighted by Gasteiger charge is 2.29. The zero-order valence-electron chi connectivity index (χ0n) is 80.1. The summed E-state index contributed by atoms with van der Waals surface area (Å²) < 4.78 is 44.4. The van der Waals surface area contributed by atoms with Crippen LogP contribution in [0.3, 0.4) is 0 Å². The van der Waals surface area contributed by atoms with Crippen LogP contribution >= 0.6 is 0 Å². The number of allylic oxidation sites excluding steroid dienone is 16. The highest BCUT2D eigenvalue weighted by atomic mass is 16.6. The molecule has 0 aromatic carbocycles. The first-order valence-electron chi connectivity index (χ1n) is 50.0. The molecule has 1 fully saturated rings. The molecule has 0 spiro atoms. The van der Waals surface area contributed by atoms with Crippen molar-refractivity contribution >= 4 is 48.0 Å². The lowest BCUT2D eigenvalue weighted by Crippen LogP contribution is -2.38. The number of hydrogen-bond acceptors (Lipinski definition) is 18. The molecule has 2 N–H and O–H groups in total. The Morgan fingerprint density at radius 1 is 0.298 bits per heavy atom. The number of alkyl carbamates (subject to hydrolysis) is 2. The second-order valence-corrected chi connectivity index (χ2v) is 33.6. The lowest BCUT2D eigenvalue weighted by atomic mass is 9.83. The zero-order valence-corrected chi connectivity index (χ0v) is 80.1. The molecular weight excluding hydrogens is 1560 g/mol. The van der Waals surface area contributed by atoms with Gasteiger partial charge in [-0.1, -0.05) is 286 Å². The number of carbonyl (C=O) groups is 8. The maximum atomic E-state index is 13.3. The molecule has 0 aromatic rings. The van der Waals surface area contributed by atoms with Crippen molar-refractivity contribution in [3.05, 3.63) is 97.2 Å². The first-order valence-corrected chi connectivity index (χ1v) is 50.0. The van der Waals surface area contributed by atoms with Gasteiger partial charge in [-0.2, -0.15) is 0 Å². The van der Waals surface area contributed by atoms with Gasteiger partial charge in [0.05, 0.1) is 6.61 Å². The number of rotatable bonds is 83. The van der Waals surface area contributed by atoms with Gasteiger partial charge in [0, 0.05) is 64.7 Å². The summed E-state index contributed by atoms with van der Waals surface area (Å²) >= 11 is 0. The number of nitrogens with zero attached hydrogens (tertiary/aromatic N) is 2. The minimum absolute atomic E-state index is 0.00216. The normalized spacial score (nSPS) is 13.0. The van der Waals surface area contributed by atoms with E-state index in [-0.39, 0.29) is 108 Å². The highest BCUT2D eigenvalue weighted by Crippen LogP contribution is 2.31. The van der Waals surface area contributed by atoms with Crippen LogP contribution in [0, 0.1) is 5.92 Å². The molecule has 1 atom stereocenters. The number of hydrogen-bond donors (Lipinski definition) is 2. The van der Waals surface area contributed by atoms with Crippen molar-refractivity contribution in [1.29, 1.82) is 0 Å². The summed E-state index contributed by atoms with van der Waals surface area (Å²) in [4.78, 5) is 105. The molecule has 1 aliphatic carbocycles. The summed E-state index contributed by atoms with van der Waals surface area (Å²) in [7, 11) is 3.96. The molecule has 0 saturated heterocycles. The summed E-state index contributed by atoms with van der Waals surface area (Å²) in [6.45, 7) is 16.5. The van der Waals surface area contributed by atoms with Crippen LogP contribution < -0.4 is 10.6 Å². The first-order chi connectivity index (χ1) is 60.6. The standard InChI is InChI=1S/C55H96N2O8.C49H86N2O8/c1-5-8-10-12-14-16-18-20-22-24-26-28-30-32-37-41-52(58)62-47-50(48-63-53(59)42-38-33-31-29-27-25-23-21-19-17-15-13-11-9-6-2)64-54(60)44-43-51(49-39-35-34-36-40-49)65-55(61)56-45-46-57(4)7-3;1-5-8-10-12-14-16-18-20-22-24-26-28-30-32-34-37-46(52)57-43-45(59-48(54)39-36-42-56-49(55)50-40-41-51(4)7-3)44-58-47(53)38-35-33-31-29-27-25-23-21-19-17-15-13-11-9-6-2/h14-17,20-23,49-51H,5-13,18-19,24-48H2,1-4H3,(H,56,61);14-17,20-23,45H,5-13,18-19,24-44H2,1-4H3,(H,50,55)/b2*16-14-,17-15-,22-20-,23-21-. The van der Waals surface area contributed by atoms with Gasteiger partial charge in [0.1, 0.15) is 32.5 Å². The fourth-order valence-electron chi connectivity index (χ4n) is 13.9. The van der Waals surface area contributed by atoms with Crippen molar-refractivity contribution in [3.8, 4) is 0 Å². The molecule has 1 rings (SSSR count). The van der Waals surface area contributed by atoms with Gasteiger partial charge in [0.2, 0.25) is 0 Å². The minimum atomic E-state index is -0.919. The van der Waals surface area contributed by atoms with E-state index in [2.05, 4.69) is 152 Å². The molecule has 0 heterocycles. The van der Waals surface area contributed by atoms with Gasteiger partial charge >= 0.3 is 48.0 Å².